The van der Waals surface area contributed by atoms with E-state index >= 15 is 0 Å². The largest absolute Gasteiger partial charge is 0.459 e. The zero-order valence-corrected chi connectivity index (χ0v) is 10.8. The second-order valence-corrected chi connectivity index (χ2v) is 4.55. The topological polar surface area (TPSA) is 48.7 Å². The lowest BCUT2D eigenvalue weighted by molar-refractivity contribution is -0.148. The first-order chi connectivity index (χ1) is 9.15. The minimum Gasteiger partial charge on any atom is -0.459 e. The standard InChI is InChI=1S/C15H14O4/c1-9-8-12(16)14-13(17-9)10(2)18-15(19-14)11-6-4-3-5-7-11/h3-8,10,15H,1-2H3. The molecule has 3 rings (SSSR count). The maximum atomic E-state index is 12.0. The predicted octanol–water partition coefficient (Wildman–Crippen LogP) is 3.12. The van der Waals surface area contributed by atoms with Crippen molar-refractivity contribution >= 4 is 0 Å². The van der Waals surface area contributed by atoms with E-state index in [1.807, 2.05) is 37.3 Å². The van der Waals surface area contributed by atoms with Crippen LogP contribution in [0.15, 0.2) is 45.6 Å². The Morgan fingerprint density at radius 2 is 1.89 bits per heavy atom. The third kappa shape index (κ3) is 2.15. The maximum absolute atomic E-state index is 12.0. The molecule has 19 heavy (non-hydrogen) atoms. The Kier molecular flexibility index (Phi) is 2.87. The Labute approximate surface area is 110 Å². The van der Waals surface area contributed by atoms with Crippen LogP contribution in [0.3, 0.4) is 0 Å². The molecule has 0 fully saturated rings. The van der Waals surface area contributed by atoms with Gasteiger partial charge in [0.15, 0.2) is 5.76 Å². The Balaban J connectivity index is 2.03. The van der Waals surface area contributed by atoms with Gasteiger partial charge in [0, 0.05) is 11.6 Å². The van der Waals surface area contributed by atoms with Gasteiger partial charge in [-0.05, 0) is 13.8 Å². The Morgan fingerprint density at radius 3 is 2.63 bits per heavy atom. The summed E-state index contributed by atoms with van der Waals surface area (Å²) in [6, 6.07) is 11.0. The molecule has 0 amide bonds. The zero-order valence-electron chi connectivity index (χ0n) is 10.8. The highest BCUT2D eigenvalue weighted by Crippen LogP contribution is 2.37. The summed E-state index contributed by atoms with van der Waals surface area (Å²) in [6.45, 7) is 3.58. The molecule has 4 heteroatoms. The monoisotopic (exact) mass is 258 g/mol. The van der Waals surface area contributed by atoms with Gasteiger partial charge in [0.05, 0.1) is 0 Å². The normalized spacial score (nSPS) is 21.6. The molecule has 2 aromatic rings. The third-order valence-electron chi connectivity index (χ3n) is 3.05. The first-order valence-electron chi connectivity index (χ1n) is 6.17. The molecule has 0 aliphatic carbocycles. The Hall–Kier alpha value is -2.07. The molecule has 2 atom stereocenters. The van der Waals surface area contributed by atoms with Crippen molar-refractivity contribution in [3.63, 3.8) is 0 Å². The predicted molar refractivity (Wildman–Crippen MR) is 69.0 cm³/mol. The van der Waals surface area contributed by atoms with E-state index in [0.717, 1.165) is 5.56 Å². The summed E-state index contributed by atoms with van der Waals surface area (Å²) in [4.78, 5) is 12.0. The van der Waals surface area contributed by atoms with Crippen LogP contribution >= 0.6 is 0 Å². The quantitative estimate of drug-likeness (QED) is 0.788. The molecule has 1 aliphatic heterocycles. The summed E-state index contributed by atoms with van der Waals surface area (Å²) < 4.78 is 16.9. The fraction of sp³-hybridized carbons (Fsp3) is 0.267. The van der Waals surface area contributed by atoms with Gasteiger partial charge in [0.25, 0.3) is 0 Å². The van der Waals surface area contributed by atoms with Gasteiger partial charge in [-0.1, -0.05) is 30.3 Å². The van der Waals surface area contributed by atoms with E-state index in [0.29, 0.717) is 11.5 Å². The molecule has 2 unspecified atom stereocenters. The lowest BCUT2D eigenvalue weighted by atomic mass is 10.1. The Morgan fingerprint density at radius 1 is 1.16 bits per heavy atom. The lowest BCUT2D eigenvalue weighted by Crippen LogP contribution is -2.25. The highest BCUT2D eigenvalue weighted by molar-refractivity contribution is 5.31. The molecule has 0 radical (unpaired) electrons. The van der Waals surface area contributed by atoms with Crippen LogP contribution in [0.1, 0.15) is 36.4 Å². The second kappa shape index (κ2) is 4.55. The molecule has 98 valence electrons. The average molecular weight is 258 g/mol. The fourth-order valence-electron chi connectivity index (χ4n) is 2.14. The van der Waals surface area contributed by atoms with Gasteiger partial charge in [-0.15, -0.1) is 0 Å². The van der Waals surface area contributed by atoms with Crippen LogP contribution in [0.2, 0.25) is 0 Å². The molecular formula is C15H14O4. The minimum atomic E-state index is -0.575. The summed E-state index contributed by atoms with van der Waals surface area (Å²) in [5.41, 5.74) is 0.704. The number of hydrogen-bond acceptors (Lipinski definition) is 4. The molecule has 2 heterocycles. The van der Waals surface area contributed by atoms with Crippen molar-refractivity contribution in [3.05, 3.63) is 63.7 Å². The number of aryl methyl sites for hydroxylation is 1. The van der Waals surface area contributed by atoms with Crippen LogP contribution < -0.4 is 10.2 Å². The molecule has 0 N–H and O–H groups in total. The van der Waals surface area contributed by atoms with Crippen LogP contribution in [-0.4, -0.2) is 0 Å². The van der Waals surface area contributed by atoms with Crippen molar-refractivity contribution in [1.29, 1.82) is 0 Å². The molecule has 0 bridgehead atoms. The van der Waals surface area contributed by atoms with Gasteiger partial charge >= 0.3 is 0 Å². The number of hydrogen-bond donors (Lipinski definition) is 0. The van der Waals surface area contributed by atoms with E-state index in [-0.39, 0.29) is 17.3 Å². The molecule has 1 aromatic heterocycles. The van der Waals surface area contributed by atoms with E-state index < -0.39 is 6.29 Å². The molecular weight excluding hydrogens is 244 g/mol. The van der Waals surface area contributed by atoms with Crippen LogP contribution in [0.5, 0.6) is 5.75 Å². The second-order valence-electron chi connectivity index (χ2n) is 4.55. The highest BCUT2D eigenvalue weighted by Gasteiger charge is 2.31. The summed E-state index contributed by atoms with van der Waals surface area (Å²) >= 11 is 0. The van der Waals surface area contributed by atoms with Crippen LogP contribution in [-0.2, 0) is 4.74 Å². The third-order valence-corrected chi connectivity index (χ3v) is 3.05. The molecule has 0 saturated carbocycles. The van der Waals surface area contributed by atoms with Crippen molar-refractivity contribution in [1.82, 2.24) is 0 Å². The lowest BCUT2D eigenvalue weighted by Gasteiger charge is -2.29. The summed E-state index contributed by atoms with van der Waals surface area (Å²) in [7, 11) is 0. The molecule has 0 saturated heterocycles. The number of rotatable bonds is 1. The van der Waals surface area contributed by atoms with Crippen molar-refractivity contribution in [2.24, 2.45) is 0 Å². The summed E-state index contributed by atoms with van der Waals surface area (Å²) in [6.07, 6.45) is -0.893. The van der Waals surface area contributed by atoms with Gasteiger partial charge in [0.1, 0.15) is 11.9 Å². The van der Waals surface area contributed by atoms with E-state index in [1.54, 1.807) is 6.92 Å². The van der Waals surface area contributed by atoms with Crippen molar-refractivity contribution in [2.75, 3.05) is 0 Å². The fourth-order valence-corrected chi connectivity index (χ4v) is 2.14. The van der Waals surface area contributed by atoms with E-state index in [2.05, 4.69) is 0 Å². The van der Waals surface area contributed by atoms with E-state index in [1.165, 1.54) is 6.07 Å². The van der Waals surface area contributed by atoms with E-state index in [9.17, 15) is 4.79 Å². The summed E-state index contributed by atoms with van der Waals surface area (Å²) in [5.74, 6) is 1.26. The molecule has 1 aliphatic rings. The molecule has 4 nitrogen and oxygen atoms in total. The van der Waals surface area contributed by atoms with Crippen LogP contribution in [0.4, 0.5) is 0 Å². The summed E-state index contributed by atoms with van der Waals surface area (Å²) in [5, 5.41) is 0. The van der Waals surface area contributed by atoms with Crippen molar-refractivity contribution < 1.29 is 13.9 Å². The highest BCUT2D eigenvalue weighted by atomic mass is 16.7. The van der Waals surface area contributed by atoms with Crippen LogP contribution in [0, 0.1) is 6.92 Å². The van der Waals surface area contributed by atoms with Gasteiger partial charge in [-0.25, -0.2) is 0 Å². The van der Waals surface area contributed by atoms with Crippen LogP contribution in [0.25, 0.3) is 0 Å². The van der Waals surface area contributed by atoms with Gasteiger partial charge in [0.2, 0.25) is 17.5 Å². The SMILES string of the molecule is Cc1cc(=O)c2c(o1)C(C)OC(c1ccccc1)O2. The Bertz CT molecular complexity index is 645. The van der Waals surface area contributed by atoms with Crippen molar-refractivity contribution in [3.8, 4) is 5.75 Å². The number of benzene rings is 1. The first-order valence-corrected chi connectivity index (χ1v) is 6.17. The minimum absolute atomic E-state index is 0.171. The van der Waals surface area contributed by atoms with Gasteiger partial charge < -0.3 is 13.9 Å². The van der Waals surface area contributed by atoms with Gasteiger partial charge in [-0.2, -0.15) is 0 Å². The smallest absolute Gasteiger partial charge is 0.227 e. The van der Waals surface area contributed by atoms with Gasteiger partial charge in [-0.3, -0.25) is 4.79 Å². The number of ether oxygens (including phenoxy) is 2. The molecule has 1 aromatic carbocycles. The number of fused-ring (bicyclic) bond motifs is 1. The van der Waals surface area contributed by atoms with E-state index in [4.69, 9.17) is 13.9 Å². The zero-order chi connectivity index (χ0) is 13.4. The first kappa shape index (κ1) is 12.0. The maximum Gasteiger partial charge on any atom is 0.227 e. The molecule has 0 spiro atoms. The van der Waals surface area contributed by atoms with Crippen molar-refractivity contribution in [2.45, 2.75) is 26.2 Å². The average Bonchev–Trinajstić information content (AvgIpc) is 2.41.